The van der Waals surface area contributed by atoms with Crippen LogP contribution in [-0.2, 0) is 26.0 Å². The SMILES string of the molecule is CCCCNC(=O)C(CC)N(CCc1ccccc1)C(=O)CN(c1ccc(OC)cc1OC)S(C)(=O)=O. The molecule has 0 aromatic heterocycles. The van der Waals surface area contributed by atoms with E-state index in [0.717, 1.165) is 29.0 Å². The third-order valence-electron chi connectivity index (χ3n) is 6.03. The standard InChI is InChI=1S/C27H39N3O6S/c1-6-8-17-28-27(32)23(7-2)29(18-16-21-12-10-9-11-13-21)26(31)20-30(37(5,33)34)24-15-14-22(35-3)19-25(24)36-4/h9-15,19,23H,6-8,16-18,20H2,1-5H3,(H,28,32). The molecule has 0 aliphatic heterocycles. The predicted molar refractivity (Wildman–Crippen MR) is 146 cm³/mol. The predicted octanol–water partition coefficient (Wildman–Crippen LogP) is 3.24. The number of carbonyl (C=O) groups is 2. The number of amides is 2. The van der Waals surface area contributed by atoms with Gasteiger partial charge < -0.3 is 19.7 Å². The van der Waals surface area contributed by atoms with Crippen molar-refractivity contribution in [2.75, 3.05) is 44.4 Å². The fraction of sp³-hybridized carbons (Fsp3) is 0.481. The van der Waals surface area contributed by atoms with Gasteiger partial charge >= 0.3 is 0 Å². The first-order valence-electron chi connectivity index (χ1n) is 12.5. The van der Waals surface area contributed by atoms with Crippen molar-refractivity contribution >= 4 is 27.5 Å². The number of rotatable bonds is 15. The molecule has 1 unspecified atom stereocenters. The first kappa shape index (κ1) is 30.0. The van der Waals surface area contributed by atoms with Gasteiger partial charge in [0.05, 0.1) is 26.2 Å². The fourth-order valence-corrected chi connectivity index (χ4v) is 4.84. The molecule has 0 spiro atoms. The van der Waals surface area contributed by atoms with Crippen LogP contribution in [-0.4, -0.2) is 71.3 Å². The molecule has 0 fully saturated rings. The largest absolute Gasteiger partial charge is 0.497 e. The molecule has 2 aromatic carbocycles. The van der Waals surface area contributed by atoms with Gasteiger partial charge in [-0.3, -0.25) is 13.9 Å². The number of unbranched alkanes of at least 4 members (excludes halogenated alkanes) is 1. The zero-order valence-corrected chi connectivity index (χ0v) is 23.2. The van der Waals surface area contributed by atoms with Crippen LogP contribution in [0.3, 0.4) is 0 Å². The lowest BCUT2D eigenvalue weighted by molar-refractivity contribution is -0.139. The van der Waals surface area contributed by atoms with Crippen molar-refractivity contribution in [3.8, 4) is 11.5 Å². The number of ether oxygens (including phenoxy) is 2. The number of nitrogens with zero attached hydrogens (tertiary/aromatic N) is 2. The average molecular weight is 534 g/mol. The van der Waals surface area contributed by atoms with Crippen molar-refractivity contribution in [1.29, 1.82) is 0 Å². The van der Waals surface area contributed by atoms with E-state index in [1.165, 1.54) is 25.2 Å². The van der Waals surface area contributed by atoms with Gasteiger partial charge in [0, 0.05) is 19.2 Å². The van der Waals surface area contributed by atoms with E-state index in [9.17, 15) is 18.0 Å². The number of hydrogen-bond acceptors (Lipinski definition) is 6. The second kappa shape index (κ2) is 14.5. The maximum absolute atomic E-state index is 13.7. The van der Waals surface area contributed by atoms with Gasteiger partial charge in [0.2, 0.25) is 21.8 Å². The molecule has 2 aromatic rings. The van der Waals surface area contributed by atoms with Crippen LogP contribution in [0.4, 0.5) is 5.69 Å². The van der Waals surface area contributed by atoms with Crippen molar-refractivity contribution in [2.24, 2.45) is 0 Å². The van der Waals surface area contributed by atoms with E-state index in [4.69, 9.17) is 9.47 Å². The summed E-state index contributed by atoms with van der Waals surface area (Å²) in [5.74, 6) is 0.0134. The molecule has 0 aliphatic rings. The molecule has 0 saturated carbocycles. The van der Waals surface area contributed by atoms with Gasteiger partial charge in [-0.1, -0.05) is 50.6 Å². The van der Waals surface area contributed by atoms with Gasteiger partial charge in [-0.25, -0.2) is 8.42 Å². The summed E-state index contributed by atoms with van der Waals surface area (Å²) < 4.78 is 37.3. The van der Waals surface area contributed by atoms with Crippen LogP contribution < -0.4 is 19.1 Å². The highest BCUT2D eigenvalue weighted by Crippen LogP contribution is 2.33. The molecule has 0 saturated heterocycles. The Morgan fingerprint density at radius 3 is 2.30 bits per heavy atom. The minimum absolute atomic E-state index is 0.211. The monoisotopic (exact) mass is 533 g/mol. The maximum Gasteiger partial charge on any atom is 0.244 e. The lowest BCUT2D eigenvalue weighted by atomic mass is 10.1. The van der Waals surface area contributed by atoms with E-state index >= 15 is 0 Å². The van der Waals surface area contributed by atoms with E-state index in [-0.39, 0.29) is 23.9 Å². The molecule has 2 amide bonds. The van der Waals surface area contributed by atoms with E-state index in [1.807, 2.05) is 44.2 Å². The molecular weight excluding hydrogens is 494 g/mol. The Bertz CT molecular complexity index is 1120. The highest BCUT2D eigenvalue weighted by Gasteiger charge is 2.32. The maximum atomic E-state index is 13.7. The molecule has 9 nitrogen and oxygen atoms in total. The highest BCUT2D eigenvalue weighted by atomic mass is 32.2. The number of methoxy groups -OCH3 is 2. The lowest BCUT2D eigenvalue weighted by Crippen LogP contribution is -2.53. The van der Waals surface area contributed by atoms with Crippen molar-refractivity contribution in [1.82, 2.24) is 10.2 Å². The molecule has 0 heterocycles. The summed E-state index contributed by atoms with van der Waals surface area (Å²) in [5.41, 5.74) is 1.22. The molecule has 10 heteroatoms. The van der Waals surface area contributed by atoms with Crippen molar-refractivity contribution in [2.45, 2.75) is 45.6 Å². The summed E-state index contributed by atoms with van der Waals surface area (Å²) in [6, 6.07) is 13.6. The molecule has 0 radical (unpaired) electrons. The van der Waals surface area contributed by atoms with Crippen LogP contribution >= 0.6 is 0 Å². The normalized spacial score (nSPS) is 11.9. The zero-order chi connectivity index (χ0) is 27.4. The summed E-state index contributed by atoms with van der Waals surface area (Å²) in [7, 11) is -0.961. The molecule has 1 atom stereocenters. The Morgan fingerprint density at radius 2 is 1.73 bits per heavy atom. The van der Waals surface area contributed by atoms with Gasteiger partial charge in [0.1, 0.15) is 24.1 Å². The summed E-state index contributed by atoms with van der Waals surface area (Å²) >= 11 is 0. The van der Waals surface area contributed by atoms with Gasteiger partial charge in [-0.15, -0.1) is 0 Å². The Hall–Kier alpha value is -3.27. The van der Waals surface area contributed by atoms with E-state index in [0.29, 0.717) is 25.1 Å². The van der Waals surface area contributed by atoms with E-state index < -0.39 is 28.5 Å². The number of nitrogens with one attached hydrogen (secondary N) is 1. The first-order valence-corrected chi connectivity index (χ1v) is 14.3. The number of hydrogen-bond donors (Lipinski definition) is 1. The second-order valence-corrected chi connectivity index (χ2v) is 10.6. The van der Waals surface area contributed by atoms with Crippen LogP contribution in [0, 0.1) is 0 Å². The number of anilines is 1. The van der Waals surface area contributed by atoms with Gasteiger partial charge in [-0.05, 0) is 37.0 Å². The number of benzene rings is 2. The van der Waals surface area contributed by atoms with Gasteiger partial charge in [-0.2, -0.15) is 0 Å². The zero-order valence-electron chi connectivity index (χ0n) is 22.4. The summed E-state index contributed by atoms with van der Waals surface area (Å²) in [6.45, 7) is 4.18. The quantitative estimate of drug-likeness (QED) is 0.353. The average Bonchev–Trinajstić information content (AvgIpc) is 2.89. The van der Waals surface area contributed by atoms with Crippen molar-refractivity contribution in [3.05, 3.63) is 54.1 Å². The highest BCUT2D eigenvalue weighted by molar-refractivity contribution is 7.92. The molecule has 37 heavy (non-hydrogen) atoms. The molecule has 1 N–H and O–H groups in total. The summed E-state index contributed by atoms with van der Waals surface area (Å²) in [4.78, 5) is 28.3. The van der Waals surface area contributed by atoms with Gasteiger partial charge in [0.25, 0.3) is 0 Å². The lowest BCUT2D eigenvalue weighted by Gasteiger charge is -2.33. The van der Waals surface area contributed by atoms with Crippen molar-refractivity contribution < 1.29 is 27.5 Å². The topological polar surface area (TPSA) is 105 Å². The molecule has 204 valence electrons. The van der Waals surface area contributed by atoms with Crippen LogP contribution in [0.1, 0.15) is 38.7 Å². The summed E-state index contributed by atoms with van der Waals surface area (Å²) in [5, 5.41) is 2.92. The first-order chi connectivity index (χ1) is 17.7. The number of carbonyl (C=O) groups excluding carboxylic acids is 2. The second-order valence-electron chi connectivity index (χ2n) is 8.70. The van der Waals surface area contributed by atoms with Crippen molar-refractivity contribution in [3.63, 3.8) is 0 Å². The van der Waals surface area contributed by atoms with Crippen LogP contribution in [0.2, 0.25) is 0 Å². The van der Waals surface area contributed by atoms with Crippen LogP contribution in [0.5, 0.6) is 11.5 Å². The Kier molecular flexibility index (Phi) is 11.7. The van der Waals surface area contributed by atoms with Crippen LogP contribution in [0.25, 0.3) is 0 Å². The number of sulfonamides is 1. The minimum Gasteiger partial charge on any atom is -0.497 e. The Labute approximate surface area is 220 Å². The molecule has 0 aliphatic carbocycles. The van der Waals surface area contributed by atoms with E-state index in [2.05, 4.69) is 5.32 Å². The molecule has 2 rings (SSSR count). The third kappa shape index (κ3) is 8.66. The summed E-state index contributed by atoms with van der Waals surface area (Å²) in [6.07, 6.45) is 3.71. The van der Waals surface area contributed by atoms with Gasteiger partial charge in [0.15, 0.2) is 0 Å². The molecule has 0 bridgehead atoms. The third-order valence-corrected chi connectivity index (χ3v) is 7.16. The Morgan fingerprint density at radius 1 is 1.03 bits per heavy atom. The minimum atomic E-state index is -3.87. The fourth-order valence-electron chi connectivity index (χ4n) is 3.99. The van der Waals surface area contributed by atoms with Crippen LogP contribution in [0.15, 0.2) is 48.5 Å². The molecular formula is C27H39N3O6S. The Balaban J connectivity index is 2.40. The van der Waals surface area contributed by atoms with E-state index in [1.54, 1.807) is 12.1 Å². The smallest absolute Gasteiger partial charge is 0.244 e.